The molecule has 1 saturated carbocycles. The van der Waals surface area contributed by atoms with E-state index < -0.39 is 11.7 Å². The molecule has 2 rings (SSSR count). The van der Waals surface area contributed by atoms with Crippen LogP contribution in [0.4, 0.5) is 18.9 Å². The summed E-state index contributed by atoms with van der Waals surface area (Å²) in [5.41, 5.74) is -1.58. The molecule has 6 heteroatoms. The Morgan fingerprint density at radius 1 is 1.35 bits per heavy atom. The lowest BCUT2D eigenvalue weighted by Gasteiger charge is -2.22. The van der Waals surface area contributed by atoms with Crippen LogP contribution in [-0.2, 0) is 0 Å². The highest BCUT2D eigenvalue weighted by Gasteiger charge is 2.63. The number of nitriles is 1. The molecule has 0 heterocycles. The monoisotopic (exact) mass is 260 g/mol. The quantitative estimate of drug-likeness (QED) is 0.880. The molecule has 0 atom stereocenters. The predicted molar refractivity (Wildman–Crippen MR) is 57.8 cm³/mol. The Labute approximate surface area is 101 Å². The van der Waals surface area contributed by atoms with Gasteiger partial charge in [-0.15, -0.1) is 0 Å². The van der Waals surface area contributed by atoms with Gasteiger partial charge in [-0.05, 0) is 31.0 Å². The van der Waals surface area contributed by atoms with Gasteiger partial charge in [-0.2, -0.15) is 18.4 Å². The van der Waals surface area contributed by atoms with Gasteiger partial charge in [-0.1, -0.05) is 11.6 Å². The Hall–Kier alpha value is -1.41. The van der Waals surface area contributed by atoms with Gasteiger partial charge in [0, 0.05) is 5.02 Å². The Kier molecular flexibility index (Phi) is 2.70. The normalized spacial score (nSPS) is 17.4. The van der Waals surface area contributed by atoms with Gasteiger partial charge in [0.25, 0.3) is 0 Å². The van der Waals surface area contributed by atoms with Crippen molar-refractivity contribution in [2.75, 3.05) is 5.32 Å². The van der Waals surface area contributed by atoms with Gasteiger partial charge >= 0.3 is 6.18 Å². The third-order valence-corrected chi connectivity index (χ3v) is 3.00. The summed E-state index contributed by atoms with van der Waals surface area (Å²) in [7, 11) is 0. The van der Waals surface area contributed by atoms with Gasteiger partial charge in [0.05, 0.1) is 11.3 Å². The summed E-state index contributed by atoms with van der Waals surface area (Å²) < 4.78 is 38.2. The summed E-state index contributed by atoms with van der Waals surface area (Å²) >= 11 is 5.67. The van der Waals surface area contributed by atoms with E-state index in [-0.39, 0.29) is 24.1 Å². The topological polar surface area (TPSA) is 35.8 Å². The molecule has 1 aromatic carbocycles. The number of alkyl halides is 3. The first-order valence-corrected chi connectivity index (χ1v) is 5.30. The molecule has 0 saturated heterocycles. The molecule has 1 N–H and O–H groups in total. The Morgan fingerprint density at radius 3 is 2.47 bits per heavy atom. The zero-order valence-corrected chi connectivity index (χ0v) is 9.36. The lowest BCUT2D eigenvalue weighted by Crippen LogP contribution is -2.38. The van der Waals surface area contributed by atoms with Crippen LogP contribution in [0.5, 0.6) is 0 Å². The molecule has 1 aliphatic carbocycles. The lowest BCUT2D eigenvalue weighted by molar-refractivity contribution is -0.151. The molecule has 0 bridgehead atoms. The minimum atomic E-state index is -4.31. The third-order valence-electron chi connectivity index (χ3n) is 2.77. The molecule has 0 radical (unpaired) electrons. The zero-order chi connectivity index (χ0) is 12.7. The van der Waals surface area contributed by atoms with Crippen LogP contribution in [0, 0.1) is 11.3 Å². The molecule has 0 unspecified atom stereocenters. The number of nitrogens with zero attached hydrogens (tertiary/aromatic N) is 1. The molecule has 0 aromatic heterocycles. The summed E-state index contributed by atoms with van der Waals surface area (Å²) in [4.78, 5) is 0. The van der Waals surface area contributed by atoms with Crippen molar-refractivity contribution in [3.8, 4) is 6.07 Å². The number of hydrogen-bond acceptors (Lipinski definition) is 2. The molecule has 1 aliphatic rings. The summed E-state index contributed by atoms with van der Waals surface area (Å²) in [5.74, 6) is 0. The smallest absolute Gasteiger partial charge is 0.370 e. The third kappa shape index (κ3) is 2.18. The van der Waals surface area contributed by atoms with E-state index in [0.29, 0.717) is 5.02 Å². The first-order valence-electron chi connectivity index (χ1n) is 4.92. The fourth-order valence-electron chi connectivity index (χ4n) is 1.58. The van der Waals surface area contributed by atoms with Crippen LogP contribution in [0.15, 0.2) is 18.2 Å². The second kappa shape index (κ2) is 3.81. The molecular formula is C11H8ClF3N2. The number of halogens is 4. The average Bonchev–Trinajstić information content (AvgIpc) is 3.01. The van der Waals surface area contributed by atoms with Gasteiger partial charge < -0.3 is 5.32 Å². The lowest BCUT2D eigenvalue weighted by atomic mass is 10.1. The van der Waals surface area contributed by atoms with E-state index in [2.05, 4.69) is 5.32 Å². The van der Waals surface area contributed by atoms with Crippen molar-refractivity contribution < 1.29 is 13.2 Å². The highest BCUT2D eigenvalue weighted by molar-refractivity contribution is 6.30. The van der Waals surface area contributed by atoms with Crippen molar-refractivity contribution in [1.82, 2.24) is 0 Å². The zero-order valence-electron chi connectivity index (χ0n) is 8.61. The van der Waals surface area contributed by atoms with Crippen molar-refractivity contribution in [1.29, 1.82) is 5.26 Å². The summed E-state index contributed by atoms with van der Waals surface area (Å²) in [6, 6.07) is 6.02. The second-order valence-electron chi connectivity index (χ2n) is 4.01. The van der Waals surface area contributed by atoms with Crippen molar-refractivity contribution in [2.45, 2.75) is 24.6 Å². The molecule has 0 aliphatic heterocycles. The first kappa shape index (κ1) is 12.1. The molecule has 1 fully saturated rings. The van der Waals surface area contributed by atoms with E-state index in [4.69, 9.17) is 16.9 Å². The maximum absolute atomic E-state index is 12.7. The standard InChI is InChI=1S/C11H8ClF3N2/c12-8-1-2-9(7(5-8)6-16)17-10(3-4-10)11(13,14)15/h1-2,5,17H,3-4H2. The fourth-order valence-corrected chi connectivity index (χ4v) is 1.75. The van der Waals surface area contributed by atoms with Gasteiger partial charge in [0.15, 0.2) is 0 Å². The van der Waals surface area contributed by atoms with Crippen molar-refractivity contribution in [3.63, 3.8) is 0 Å². The van der Waals surface area contributed by atoms with Crippen LogP contribution in [0.1, 0.15) is 18.4 Å². The number of hydrogen-bond donors (Lipinski definition) is 1. The highest BCUT2D eigenvalue weighted by atomic mass is 35.5. The van der Waals surface area contributed by atoms with Crippen LogP contribution in [0.2, 0.25) is 5.02 Å². The van der Waals surface area contributed by atoms with E-state index in [1.54, 1.807) is 0 Å². The molecule has 17 heavy (non-hydrogen) atoms. The molecular weight excluding hydrogens is 253 g/mol. The number of anilines is 1. The maximum Gasteiger partial charge on any atom is 0.411 e. The Balaban J connectivity index is 2.29. The summed E-state index contributed by atoms with van der Waals surface area (Å²) in [6.07, 6.45) is -4.24. The molecule has 1 aromatic rings. The minimum absolute atomic E-state index is 0.0317. The Bertz CT molecular complexity index is 486. The Morgan fingerprint density at radius 2 is 2.00 bits per heavy atom. The molecule has 2 nitrogen and oxygen atoms in total. The molecule has 90 valence electrons. The van der Waals surface area contributed by atoms with Crippen molar-refractivity contribution >= 4 is 17.3 Å². The van der Waals surface area contributed by atoms with Crippen LogP contribution in [0.3, 0.4) is 0 Å². The number of nitrogens with one attached hydrogen (secondary N) is 1. The van der Waals surface area contributed by atoms with Gasteiger partial charge in [0.1, 0.15) is 11.6 Å². The van der Waals surface area contributed by atoms with Crippen LogP contribution >= 0.6 is 11.6 Å². The van der Waals surface area contributed by atoms with E-state index in [1.807, 2.05) is 6.07 Å². The van der Waals surface area contributed by atoms with Crippen molar-refractivity contribution in [2.24, 2.45) is 0 Å². The second-order valence-corrected chi connectivity index (χ2v) is 4.44. The average molecular weight is 261 g/mol. The van der Waals surface area contributed by atoms with Gasteiger partial charge in [-0.3, -0.25) is 0 Å². The summed E-state index contributed by atoms with van der Waals surface area (Å²) in [5, 5.41) is 11.6. The van der Waals surface area contributed by atoms with Crippen molar-refractivity contribution in [3.05, 3.63) is 28.8 Å². The SMILES string of the molecule is N#Cc1cc(Cl)ccc1NC1(C(F)(F)F)CC1. The molecule has 0 amide bonds. The highest BCUT2D eigenvalue weighted by Crippen LogP contribution is 2.51. The van der Waals surface area contributed by atoms with Crippen LogP contribution in [0.25, 0.3) is 0 Å². The fraction of sp³-hybridized carbons (Fsp3) is 0.364. The van der Waals surface area contributed by atoms with E-state index in [9.17, 15) is 13.2 Å². The van der Waals surface area contributed by atoms with Gasteiger partial charge in [-0.25, -0.2) is 0 Å². The largest absolute Gasteiger partial charge is 0.411 e. The van der Waals surface area contributed by atoms with E-state index in [1.165, 1.54) is 18.2 Å². The van der Waals surface area contributed by atoms with E-state index in [0.717, 1.165) is 0 Å². The van der Waals surface area contributed by atoms with Gasteiger partial charge in [0.2, 0.25) is 0 Å². The molecule has 0 spiro atoms. The van der Waals surface area contributed by atoms with E-state index >= 15 is 0 Å². The van der Waals surface area contributed by atoms with Crippen LogP contribution in [-0.4, -0.2) is 11.7 Å². The minimum Gasteiger partial charge on any atom is -0.370 e. The number of rotatable bonds is 2. The van der Waals surface area contributed by atoms with Crippen LogP contribution < -0.4 is 5.32 Å². The first-order chi connectivity index (χ1) is 7.88. The number of benzene rings is 1. The predicted octanol–water partition coefficient (Wildman–Crippen LogP) is 3.72. The summed E-state index contributed by atoms with van der Waals surface area (Å²) in [6.45, 7) is 0. The maximum atomic E-state index is 12.7.